The molecule has 6 nitrogen and oxygen atoms in total. The minimum Gasteiger partial charge on any atom is -0.486 e. The summed E-state index contributed by atoms with van der Waals surface area (Å²) in [5, 5.41) is 3.20. The predicted octanol–water partition coefficient (Wildman–Crippen LogP) is 4.55. The predicted molar refractivity (Wildman–Crippen MR) is 114 cm³/mol. The molecule has 0 radical (unpaired) electrons. The van der Waals surface area contributed by atoms with Gasteiger partial charge in [0.15, 0.2) is 11.5 Å². The third kappa shape index (κ3) is 3.83. The van der Waals surface area contributed by atoms with Gasteiger partial charge in [-0.3, -0.25) is 4.79 Å². The number of carbonyl (C=O) groups excluding carboxylic acids is 1. The van der Waals surface area contributed by atoms with E-state index in [1.54, 1.807) is 18.2 Å². The molecular formula is C22H22BrN3O3. The number of aromatic nitrogens is 2. The minimum atomic E-state index is -0.0684. The Bertz CT molecular complexity index is 1060. The Morgan fingerprint density at radius 3 is 2.86 bits per heavy atom. The SMILES string of the molecule is O=C(NC1CCC[C@H](c2nc3ccc(Br)cc3[nH]2)C1)c1ccc2c(c1)OCCO2. The van der Waals surface area contributed by atoms with Crippen LogP contribution >= 0.6 is 15.9 Å². The average molecular weight is 456 g/mol. The van der Waals surface area contributed by atoms with Crippen LogP contribution in [-0.2, 0) is 0 Å². The number of carbonyl (C=O) groups is 1. The Kier molecular flexibility index (Phi) is 4.91. The summed E-state index contributed by atoms with van der Waals surface area (Å²) in [7, 11) is 0. The zero-order valence-corrected chi connectivity index (χ0v) is 17.5. The number of rotatable bonds is 3. The number of amides is 1. The maximum absolute atomic E-state index is 12.8. The van der Waals surface area contributed by atoms with Crippen molar-refractivity contribution in [1.82, 2.24) is 15.3 Å². The van der Waals surface area contributed by atoms with E-state index in [-0.39, 0.29) is 11.9 Å². The standard InChI is InChI=1S/C22H22BrN3O3/c23-15-5-6-17-18(12-15)26-21(25-17)13-2-1-3-16(10-13)24-22(27)14-4-7-19-20(11-14)29-9-8-28-19/h4-7,11-13,16H,1-3,8-10H2,(H,24,27)(H,25,26)/t13-,16?/m0/s1. The van der Waals surface area contributed by atoms with Gasteiger partial charge in [0, 0.05) is 22.0 Å². The maximum atomic E-state index is 12.8. The lowest BCUT2D eigenvalue weighted by Gasteiger charge is -2.29. The Morgan fingerprint density at radius 2 is 1.97 bits per heavy atom. The van der Waals surface area contributed by atoms with Crippen LogP contribution in [0, 0.1) is 0 Å². The van der Waals surface area contributed by atoms with Crippen LogP contribution in [-0.4, -0.2) is 35.1 Å². The normalized spacial score (nSPS) is 21.1. The molecule has 3 aromatic rings. The van der Waals surface area contributed by atoms with E-state index in [0.717, 1.165) is 47.0 Å². The van der Waals surface area contributed by atoms with Crippen molar-refractivity contribution in [3.63, 3.8) is 0 Å². The summed E-state index contributed by atoms with van der Waals surface area (Å²) in [6.45, 7) is 1.05. The van der Waals surface area contributed by atoms with Gasteiger partial charge in [0.25, 0.3) is 5.91 Å². The zero-order chi connectivity index (χ0) is 19.8. The lowest BCUT2D eigenvalue weighted by molar-refractivity contribution is 0.0923. The van der Waals surface area contributed by atoms with Gasteiger partial charge in [-0.1, -0.05) is 22.4 Å². The van der Waals surface area contributed by atoms with Crippen LogP contribution in [0.1, 0.15) is 47.8 Å². The first kappa shape index (κ1) is 18.5. The molecule has 2 N–H and O–H groups in total. The summed E-state index contributed by atoms with van der Waals surface area (Å²) in [4.78, 5) is 21.0. The number of nitrogens with zero attached hydrogens (tertiary/aromatic N) is 1. The molecular weight excluding hydrogens is 434 g/mol. The first-order valence-corrected chi connectivity index (χ1v) is 10.8. The van der Waals surface area contributed by atoms with Gasteiger partial charge in [-0.15, -0.1) is 0 Å². The third-order valence-corrected chi connectivity index (χ3v) is 6.16. The summed E-state index contributed by atoms with van der Waals surface area (Å²) in [5.74, 6) is 2.60. The molecule has 0 saturated heterocycles. The molecule has 1 saturated carbocycles. The van der Waals surface area contributed by atoms with Gasteiger partial charge in [-0.05, 0) is 55.7 Å². The van der Waals surface area contributed by atoms with Crippen molar-refractivity contribution in [2.45, 2.75) is 37.6 Å². The first-order chi connectivity index (χ1) is 14.2. The number of halogens is 1. The van der Waals surface area contributed by atoms with Crippen LogP contribution in [0.25, 0.3) is 11.0 Å². The molecule has 1 aliphatic carbocycles. The van der Waals surface area contributed by atoms with Gasteiger partial charge in [-0.25, -0.2) is 4.98 Å². The molecule has 1 aromatic heterocycles. The second-order valence-electron chi connectivity index (χ2n) is 7.68. The largest absolute Gasteiger partial charge is 0.486 e. The van der Waals surface area contributed by atoms with E-state index in [1.807, 2.05) is 12.1 Å². The van der Waals surface area contributed by atoms with E-state index in [1.165, 1.54) is 0 Å². The van der Waals surface area contributed by atoms with Gasteiger partial charge < -0.3 is 19.8 Å². The van der Waals surface area contributed by atoms with Gasteiger partial charge in [-0.2, -0.15) is 0 Å². The van der Waals surface area contributed by atoms with Gasteiger partial charge in [0.05, 0.1) is 11.0 Å². The van der Waals surface area contributed by atoms with E-state index < -0.39 is 0 Å². The lowest BCUT2D eigenvalue weighted by Crippen LogP contribution is -2.38. The van der Waals surface area contributed by atoms with Crippen molar-refractivity contribution in [3.05, 3.63) is 52.3 Å². The van der Waals surface area contributed by atoms with Crippen molar-refractivity contribution in [2.75, 3.05) is 13.2 Å². The van der Waals surface area contributed by atoms with Crippen LogP contribution in [0.15, 0.2) is 40.9 Å². The number of benzene rings is 2. The fourth-order valence-electron chi connectivity index (χ4n) is 4.22. The fraction of sp³-hybridized carbons (Fsp3) is 0.364. The number of aromatic amines is 1. The molecule has 1 amide bonds. The topological polar surface area (TPSA) is 76.2 Å². The number of nitrogens with one attached hydrogen (secondary N) is 2. The van der Waals surface area contributed by atoms with Crippen molar-refractivity contribution in [3.8, 4) is 11.5 Å². The molecule has 150 valence electrons. The van der Waals surface area contributed by atoms with Crippen LogP contribution < -0.4 is 14.8 Å². The number of ether oxygens (including phenoxy) is 2. The average Bonchev–Trinajstić information content (AvgIpc) is 3.17. The highest BCUT2D eigenvalue weighted by atomic mass is 79.9. The summed E-state index contributed by atoms with van der Waals surface area (Å²) < 4.78 is 12.2. The molecule has 2 heterocycles. The molecule has 5 rings (SSSR count). The molecule has 2 aromatic carbocycles. The lowest BCUT2D eigenvalue weighted by atomic mass is 9.85. The smallest absolute Gasteiger partial charge is 0.251 e. The molecule has 1 unspecified atom stereocenters. The monoisotopic (exact) mass is 455 g/mol. The maximum Gasteiger partial charge on any atom is 0.251 e. The summed E-state index contributed by atoms with van der Waals surface area (Å²) in [6.07, 6.45) is 4.02. The molecule has 0 bridgehead atoms. The van der Waals surface area contributed by atoms with Crippen LogP contribution in [0.2, 0.25) is 0 Å². The third-order valence-electron chi connectivity index (χ3n) is 5.66. The highest BCUT2D eigenvalue weighted by Gasteiger charge is 2.27. The Labute approximate surface area is 177 Å². The first-order valence-electron chi connectivity index (χ1n) is 10.0. The van der Waals surface area contributed by atoms with Crippen molar-refractivity contribution in [1.29, 1.82) is 0 Å². The van der Waals surface area contributed by atoms with Crippen LogP contribution in [0.3, 0.4) is 0 Å². The van der Waals surface area contributed by atoms with E-state index in [0.29, 0.717) is 36.2 Å². The van der Waals surface area contributed by atoms with E-state index >= 15 is 0 Å². The summed E-state index contributed by atoms with van der Waals surface area (Å²) >= 11 is 3.51. The number of imidazole rings is 1. The number of hydrogen-bond donors (Lipinski definition) is 2. The Hall–Kier alpha value is -2.54. The second kappa shape index (κ2) is 7.71. The van der Waals surface area contributed by atoms with Crippen LogP contribution in [0.5, 0.6) is 11.5 Å². The minimum absolute atomic E-state index is 0.0684. The number of hydrogen-bond acceptors (Lipinski definition) is 4. The zero-order valence-electron chi connectivity index (χ0n) is 15.9. The molecule has 2 atom stereocenters. The highest BCUT2D eigenvalue weighted by molar-refractivity contribution is 9.10. The Morgan fingerprint density at radius 1 is 1.10 bits per heavy atom. The van der Waals surface area contributed by atoms with E-state index in [2.05, 4.69) is 32.3 Å². The molecule has 0 spiro atoms. The number of fused-ring (bicyclic) bond motifs is 2. The van der Waals surface area contributed by atoms with Gasteiger partial charge in [0.2, 0.25) is 0 Å². The van der Waals surface area contributed by atoms with Gasteiger partial charge >= 0.3 is 0 Å². The quantitative estimate of drug-likeness (QED) is 0.606. The molecule has 7 heteroatoms. The van der Waals surface area contributed by atoms with Gasteiger partial charge in [0.1, 0.15) is 19.0 Å². The molecule has 2 aliphatic rings. The molecule has 1 aliphatic heterocycles. The van der Waals surface area contributed by atoms with Crippen molar-refractivity contribution >= 4 is 32.9 Å². The highest BCUT2D eigenvalue weighted by Crippen LogP contribution is 2.34. The summed E-state index contributed by atoms with van der Waals surface area (Å²) in [5.41, 5.74) is 2.62. The second-order valence-corrected chi connectivity index (χ2v) is 8.59. The Balaban J connectivity index is 1.28. The number of H-pyrrole nitrogens is 1. The van der Waals surface area contributed by atoms with Crippen molar-refractivity contribution in [2.24, 2.45) is 0 Å². The van der Waals surface area contributed by atoms with E-state index in [9.17, 15) is 4.79 Å². The fourth-order valence-corrected chi connectivity index (χ4v) is 4.58. The summed E-state index contributed by atoms with van der Waals surface area (Å²) in [6, 6.07) is 11.6. The van der Waals surface area contributed by atoms with Crippen molar-refractivity contribution < 1.29 is 14.3 Å². The van der Waals surface area contributed by atoms with Crippen LogP contribution in [0.4, 0.5) is 0 Å². The molecule has 29 heavy (non-hydrogen) atoms. The van der Waals surface area contributed by atoms with E-state index in [4.69, 9.17) is 14.5 Å². The molecule has 1 fully saturated rings.